The number of pyridine rings is 1. The van der Waals surface area contributed by atoms with Crippen LogP contribution < -0.4 is 10.6 Å². The van der Waals surface area contributed by atoms with E-state index < -0.39 is 6.04 Å². The van der Waals surface area contributed by atoms with Crippen LogP contribution in [-0.2, 0) is 16.8 Å². The van der Waals surface area contributed by atoms with E-state index in [0.29, 0.717) is 12.1 Å². The standard InChI is InChI=1S/C20H25N3O2/c1-14(18(24)22-13-15-6-5-11-21-12-15)23-19(25)16-7-9-17(10-8-16)20(2,3)4/h5-12,14H,13H2,1-4H3,(H,22,24)(H,23,25)/t14-/m0/s1. The first-order chi connectivity index (χ1) is 11.8. The summed E-state index contributed by atoms with van der Waals surface area (Å²) in [5, 5.41) is 5.51. The molecular formula is C20H25N3O2. The molecule has 1 atom stereocenters. The number of aromatic nitrogens is 1. The van der Waals surface area contributed by atoms with Gasteiger partial charge in [0.2, 0.25) is 5.91 Å². The van der Waals surface area contributed by atoms with E-state index in [1.165, 1.54) is 0 Å². The lowest BCUT2D eigenvalue weighted by Crippen LogP contribution is -2.44. The van der Waals surface area contributed by atoms with E-state index in [2.05, 4.69) is 36.4 Å². The smallest absolute Gasteiger partial charge is 0.251 e. The van der Waals surface area contributed by atoms with Gasteiger partial charge >= 0.3 is 0 Å². The van der Waals surface area contributed by atoms with Gasteiger partial charge in [0.1, 0.15) is 6.04 Å². The van der Waals surface area contributed by atoms with Crippen LogP contribution >= 0.6 is 0 Å². The summed E-state index contributed by atoms with van der Waals surface area (Å²) >= 11 is 0. The number of hydrogen-bond acceptors (Lipinski definition) is 3. The highest BCUT2D eigenvalue weighted by molar-refractivity contribution is 5.97. The third kappa shape index (κ3) is 5.41. The van der Waals surface area contributed by atoms with Crippen molar-refractivity contribution in [3.05, 3.63) is 65.5 Å². The molecule has 0 bridgehead atoms. The molecule has 1 aromatic carbocycles. The number of amides is 2. The summed E-state index contributed by atoms with van der Waals surface area (Å²) in [6.07, 6.45) is 3.37. The van der Waals surface area contributed by atoms with Crippen molar-refractivity contribution in [2.75, 3.05) is 0 Å². The molecule has 25 heavy (non-hydrogen) atoms. The average molecular weight is 339 g/mol. The topological polar surface area (TPSA) is 71.1 Å². The van der Waals surface area contributed by atoms with Gasteiger partial charge in [-0.2, -0.15) is 0 Å². The van der Waals surface area contributed by atoms with E-state index in [0.717, 1.165) is 11.1 Å². The Morgan fingerprint density at radius 2 is 1.80 bits per heavy atom. The molecule has 0 aliphatic carbocycles. The van der Waals surface area contributed by atoms with Gasteiger partial charge < -0.3 is 10.6 Å². The first-order valence-corrected chi connectivity index (χ1v) is 8.35. The quantitative estimate of drug-likeness (QED) is 0.880. The molecule has 2 rings (SSSR count). The molecule has 1 aromatic heterocycles. The van der Waals surface area contributed by atoms with Crippen LogP contribution in [0.3, 0.4) is 0 Å². The number of rotatable bonds is 5. The Bertz CT molecular complexity index is 719. The van der Waals surface area contributed by atoms with E-state index in [9.17, 15) is 9.59 Å². The zero-order valence-electron chi connectivity index (χ0n) is 15.2. The largest absolute Gasteiger partial charge is 0.350 e. The summed E-state index contributed by atoms with van der Waals surface area (Å²) in [5.74, 6) is -0.493. The predicted molar refractivity (Wildman–Crippen MR) is 98.2 cm³/mol. The van der Waals surface area contributed by atoms with E-state index in [1.54, 1.807) is 31.5 Å². The molecular weight excluding hydrogens is 314 g/mol. The summed E-state index contributed by atoms with van der Waals surface area (Å²) in [7, 11) is 0. The van der Waals surface area contributed by atoms with Crippen LogP contribution in [-0.4, -0.2) is 22.8 Å². The van der Waals surface area contributed by atoms with Crippen molar-refractivity contribution in [2.45, 2.75) is 45.7 Å². The summed E-state index contributed by atoms with van der Waals surface area (Å²) in [4.78, 5) is 28.4. The summed E-state index contributed by atoms with van der Waals surface area (Å²) in [6, 6.07) is 10.5. The Balaban J connectivity index is 1.89. The Hall–Kier alpha value is -2.69. The maximum atomic E-state index is 12.3. The highest BCUT2D eigenvalue weighted by Crippen LogP contribution is 2.22. The lowest BCUT2D eigenvalue weighted by atomic mass is 9.86. The molecule has 2 N–H and O–H groups in total. The Kier molecular flexibility index (Phi) is 5.91. The van der Waals surface area contributed by atoms with Crippen LogP contribution in [0.15, 0.2) is 48.8 Å². The van der Waals surface area contributed by atoms with Gasteiger partial charge in [-0.15, -0.1) is 0 Å². The second kappa shape index (κ2) is 7.92. The van der Waals surface area contributed by atoms with Gasteiger partial charge in [0.15, 0.2) is 0 Å². The van der Waals surface area contributed by atoms with E-state index in [-0.39, 0.29) is 17.2 Å². The van der Waals surface area contributed by atoms with Crippen LogP contribution in [0, 0.1) is 0 Å². The third-order valence-electron chi connectivity index (χ3n) is 3.94. The van der Waals surface area contributed by atoms with Crippen molar-refractivity contribution < 1.29 is 9.59 Å². The van der Waals surface area contributed by atoms with Crippen molar-refractivity contribution in [1.29, 1.82) is 0 Å². The van der Waals surface area contributed by atoms with Gasteiger partial charge in [-0.3, -0.25) is 14.6 Å². The summed E-state index contributed by atoms with van der Waals surface area (Å²) in [6.45, 7) is 8.41. The molecule has 0 saturated heterocycles. The van der Waals surface area contributed by atoms with E-state index in [4.69, 9.17) is 0 Å². The van der Waals surface area contributed by atoms with Gasteiger partial charge in [-0.1, -0.05) is 39.0 Å². The molecule has 0 spiro atoms. The van der Waals surface area contributed by atoms with Crippen molar-refractivity contribution >= 4 is 11.8 Å². The van der Waals surface area contributed by atoms with Crippen LogP contribution in [0.1, 0.15) is 49.2 Å². The van der Waals surface area contributed by atoms with Crippen molar-refractivity contribution in [2.24, 2.45) is 0 Å². The summed E-state index contributed by atoms with van der Waals surface area (Å²) < 4.78 is 0. The molecule has 0 radical (unpaired) electrons. The molecule has 0 unspecified atom stereocenters. The maximum absolute atomic E-state index is 12.3. The van der Waals surface area contributed by atoms with E-state index in [1.807, 2.05) is 24.3 Å². The second-order valence-corrected chi connectivity index (χ2v) is 7.10. The summed E-state index contributed by atoms with van der Waals surface area (Å²) in [5.41, 5.74) is 2.65. The highest BCUT2D eigenvalue weighted by atomic mass is 16.2. The van der Waals surface area contributed by atoms with Gasteiger partial charge in [0, 0.05) is 24.5 Å². The fourth-order valence-corrected chi connectivity index (χ4v) is 2.31. The average Bonchev–Trinajstić information content (AvgIpc) is 2.59. The molecule has 0 saturated carbocycles. The minimum atomic E-state index is -0.619. The number of hydrogen-bond donors (Lipinski definition) is 2. The van der Waals surface area contributed by atoms with Crippen molar-refractivity contribution in [1.82, 2.24) is 15.6 Å². The molecule has 0 aliphatic rings. The normalized spacial score (nSPS) is 12.3. The highest BCUT2D eigenvalue weighted by Gasteiger charge is 2.18. The Labute approximate surface area is 148 Å². The van der Waals surface area contributed by atoms with Gasteiger partial charge in [0.05, 0.1) is 0 Å². The monoisotopic (exact) mass is 339 g/mol. The third-order valence-corrected chi connectivity index (χ3v) is 3.94. The van der Waals surface area contributed by atoms with Gasteiger partial charge in [0.25, 0.3) is 5.91 Å². The SMILES string of the molecule is C[C@H](NC(=O)c1ccc(C(C)(C)C)cc1)C(=O)NCc1cccnc1. The van der Waals surface area contributed by atoms with E-state index >= 15 is 0 Å². The number of nitrogens with zero attached hydrogens (tertiary/aromatic N) is 1. The number of benzene rings is 1. The van der Waals surface area contributed by atoms with Crippen molar-refractivity contribution in [3.8, 4) is 0 Å². The van der Waals surface area contributed by atoms with Gasteiger partial charge in [-0.25, -0.2) is 0 Å². The predicted octanol–water partition coefficient (Wildman–Crippen LogP) is 2.81. The fourth-order valence-electron chi connectivity index (χ4n) is 2.31. The fraction of sp³-hybridized carbons (Fsp3) is 0.350. The van der Waals surface area contributed by atoms with Crippen LogP contribution in [0.5, 0.6) is 0 Å². The molecule has 5 nitrogen and oxygen atoms in total. The molecule has 5 heteroatoms. The van der Waals surface area contributed by atoms with Crippen LogP contribution in [0.4, 0.5) is 0 Å². The molecule has 2 aromatic rings. The molecule has 0 aliphatic heterocycles. The first-order valence-electron chi connectivity index (χ1n) is 8.35. The Morgan fingerprint density at radius 3 is 2.36 bits per heavy atom. The first kappa shape index (κ1) is 18.6. The lowest BCUT2D eigenvalue weighted by Gasteiger charge is -2.19. The van der Waals surface area contributed by atoms with Crippen LogP contribution in [0.25, 0.3) is 0 Å². The minimum absolute atomic E-state index is 0.0362. The zero-order valence-corrected chi connectivity index (χ0v) is 15.2. The molecule has 2 amide bonds. The van der Waals surface area contributed by atoms with Crippen LogP contribution in [0.2, 0.25) is 0 Å². The molecule has 132 valence electrons. The molecule has 1 heterocycles. The Morgan fingerprint density at radius 1 is 1.12 bits per heavy atom. The zero-order chi connectivity index (χ0) is 18.4. The number of carbonyl (C=O) groups is 2. The second-order valence-electron chi connectivity index (χ2n) is 7.10. The minimum Gasteiger partial charge on any atom is -0.350 e. The number of carbonyl (C=O) groups excluding carboxylic acids is 2. The van der Waals surface area contributed by atoms with Crippen molar-refractivity contribution in [3.63, 3.8) is 0 Å². The maximum Gasteiger partial charge on any atom is 0.251 e. The van der Waals surface area contributed by atoms with Gasteiger partial charge in [-0.05, 0) is 41.7 Å². The molecule has 0 fully saturated rings. The lowest BCUT2D eigenvalue weighted by molar-refractivity contribution is -0.122. The number of nitrogens with one attached hydrogen (secondary N) is 2.